The maximum Gasteiger partial charge on any atom is 0.220 e. The van der Waals surface area contributed by atoms with Crippen LogP contribution in [0.25, 0.3) is 0 Å². The molecule has 0 spiro atoms. The lowest BCUT2D eigenvalue weighted by Gasteiger charge is -2.21. The van der Waals surface area contributed by atoms with Crippen LogP contribution in [0.1, 0.15) is 50.3 Å². The van der Waals surface area contributed by atoms with Gasteiger partial charge in [-0.05, 0) is 55.5 Å². The van der Waals surface area contributed by atoms with E-state index >= 15 is 0 Å². The van der Waals surface area contributed by atoms with E-state index in [-0.39, 0.29) is 11.9 Å². The van der Waals surface area contributed by atoms with Crippen molar-refractivity contribution >= 4 is 5.91 Å². The third kappa shape index (κ3) is 7.33. The number of ether oxygens (including phenoxy) is 2. The van der Waals surface area contributed by atoms with Crippen LogP contribution in [0.4, 0.5) is 0 Å². The standard InChI is InChI=1S/C23H31NO3/c1-17(2)16-22(19-9-13-20(26-4)14-10-19)24-23(25)6-5-15-27-21-11-7-18(3)8-12-21/h7-14,17,22H,5-6,15-16H2,1-4H3,(H,24,25). The van der Waals surface area contributed by atoms with Crippen molar-refractivity contribution in [2.24, 2.45) is 5.92 Å². The normalized spacial score (nSPS) is 11.9. The Balaban J connectivity index is 1.82. The lowest BCUT2D eigenvalue weighted by atomic mass is 9.96. The predicted molar refractivity (Wildman–Crippen MR) is 109 cm³/mol. The summed E-state index contributed by atoms with van der Waals surface area (Å²) in [5, 5.41) is 3.17. The van der Waals surface area contributed by atoms with Crippen LogP contribution in [0.2, 0.25) is 0 Å². The van der Waals surface area contributed by atoms with Gasteiger partial charge in [-0.2, -0.15) is 0 Å². The Morgan fingerprint density at radius 3 is 2.22 bits per heavy atom. The molecule has 0 fully saturated rings. The molecule has 0 saturated heterocycles. The predicted octanol–water partition coefficient (Wildman–Crippen LogP) is 5.07. The third-order valence-electron chi connectivity index (χ3n) is 4.40. The zero-order valence-corrected chi connectivity index (χ0v) is 16.8. The van der Waals surface area contributed by atoms with Gasteiger partial charge in [0.2, 0.25) is 5.91 Å². The zero-order valence-electron chi connectivity index (χ0n) is 16.8. The minimum absolute atomic E-state index is 0.0152. The first-order chi connectivity index (χ1) is 13.0. The number of carbonyl (C=O) groups is 1. The van der Waals surface area contributed by atoms with Gasteiger partial charge in [-0.1, -0.05) is 43.7 Å². The van der Waals surface area contributed by atoms with Crippen LogP contribution in [0.5, 0.6) is 11.5 Å². The van der Waals surface area contributed by atoms with E-state index in [4.69, 9.17) is 9.47 Å². The number of methoxy groups -OCH3 is 1. The number of carbonyl (C=O) groups excluding carboxylic acids is 1. The number of amides is 1. The Labute approximate surface area is 162 Å². The fourth-order valence-electron chi connectivity index (χ4n) is 2.91. The van der Waals surface area contributed by atoms with Gasteiger partial charge in [0.05, 0.1) is 19.8 Å². The van der Waals surface area contributed by atoms with Crippen LogP contribution in [0.15, 0.2) is 48.5 Å². The summed E-state index contributed by atoms with van der Waals surface area (Å²) in [4.78, 5) is 12.4. The maximum atomic E-state index is 12.4. The van der Waals surface area contributed by atoms with Gasteiger partial charge in [0.25, 0.3) is 0 Å². The maximum absolute atomic E-state index is 12.4. The van der Waals surface area contributed by atoms with E-state index in [9.17, 15) is 4.79 Å². The molecule has 27 heavy (non-hydrogen) atoms. The van der Waals surface area contributed by atoms with Gasteiger partial charge in [-0.25, -0.2) is 0 Å². The lowest BCUT2D eigenvalue weighted by molar-refractivity contribution is -0.122. The number of aryl methyl sites for hydroxylation is 1. The molecule has 4 heteroatoms. The number of rotatable bonds is 10. The molecule has 146 valence electrons. The number of benzene rings is 2. The van der Waals surface area contributed by atoms with Gasteiger partial charge >= 0.3 is 0 Å². The molecule has 0 aliphatic rings. The topological polar surface area (TPSA) is 47.6 Å². The number of hydrogen-bond donors (Lipinski definition) is 1. The van der Waals surface area contributed by atoms with Crippen molar-refractivity contribution in [1.82, 2.24) is 5.32 Å². The first kappa shape index (κ1) is 20.8. The molecule has 0 saturated carbocycles. The summed E-state index contributed by atoms with van der Waals surface area (Å²) in [6, 6.07) is 15.9. The average molecular weight is 370 g/mol. The van der Waals surface area contributed by atoms with Crippen LogP contribution in [0.3, 0.4) is 0 Å². The van der Waals surface area contributed by atoms with E-state index in [1.807, 2.05) is 55.5 Å². The SMILES string of the molecule is COc1ccc(C(CC(C)C)NC(=O)CCCOc2ccc(C)cc2)cc1. The molecule has 0 aliphatic carbocycles. The van der Waals surface area contributed by atoms with Gasteiger partial charge in [-0.15, -0.1) is 0 Å². The van der Waals surface area contributed by atoms with Crippen molar-refractivity contribution in [3.8, 4) is 11.5 Å². The molecule has 1 N–H and O–H groups in total. The van der Waals surface area contributed by atoms with E-state index in [0.717, 1.165) is 23.5 Å². The third-order valence-corrected chi connectivity index (χ3v) is 4.40. The van der Waals surface area contributed by atoms with Crippen LogP contribution in [-0.4, -0.2) is 19.6 Å². The number of nitrogens with one attached hydrogen (secondary N) is 1. The molecular formula is C23H31NO3. The Bertz CT molecular complexity index is 693. The first-order valence-corrected chi connectivity index (χ1v) is 9.60. The summed E-state index contributed by atoms with van der Waals surface area (Å²) >= 11 is 0. The molecule has 0 heterocycles. The highest BCUT2D eigenvalue weighted by Crippen LogP contribution is 2.23. The molecule has 2 rings (SSSR count). The van der Waals surface area contributed by atoms with Crippen molar-refractivity contribution < 1.29 is 14.3 Å². The molecule has 0 aliphatic heterocycles. The summed E-state index contributed by atoms with van der Waals surface area (Å²) in [5.74, 6) is 2.21. The molecule has 1 atom stereocenters. The summed E-state index contributed by atoms with van der Waals surface area (Å²) < 4.78 is 10.9. The highest BCUT2D eigenvalue weighted by molar-refractivity contribution is 5.76. The van der Waals surface area contributed by atoms with Crippen LogP contribution in [0, 0.1) is 12.8 Å². The van der Waals surface area contributed by atoms with Gasteiger partial charge < -0.3 is 14.8 Å². The summed E-state index contributed by atoms with van der Waals surface area (Å²) in [7, 11) is 1.65. The van der Waals surface area contributed by atoms with Gasteiger partial charge in [0.15, 0.2) is 0 Å². The molecule has 2 aromatic carbocycles. The van der Waals surface area contributed by atoms with Crippen molar-refractivity contribution in [3.63, 3.8) is 0 Å². The monoisotopic (exact) mass is 369 g/mol. The highest BCUT2D eigenvalue weighted by atomic mass is 16.5. The van der Waals surface area contributed by atoms with Crippen molar-refractivity contribution in [3.05, 3.63) is 59.7 Å². The molecule has 1 amide bonds. The molecule has 1 unspecified atom stereocenters. The number of hydrogen-bond acceptors (Lipinski definition) is 3. The molecule has 4 nitrogen and oxygen atoms in total. The van der Waals surface area contributed by atoms with Crippen LogP contribution >= 0.6 is 0 Å². The Morgan fingerprint density at radius 2 is 1.63 bits per heavy atom. The van der Waals surface area contributed by atoms with Gasteiger partial charge in [0.1, 0.15) is 11.5 Å². The zero-order chi connectivity index (χ0) is 19.6. The largest absolute Gasteiger partial charge is 0.497 e. The van der Waals surface area contributed by atoms with Crippen LogP contribution < -0.4 is 14.8 Å². The van der Waals surface area contributed by atoms with Crippen LogP contribution in [-0.2, 0) is 4.79 Å². The summed E-state index contributed by atoms with van der Waals surface area (Å²) in [6.45, 7) is 6.91. The molecule has 0 radical (unpaired) electrons. The fourth-order valence-corrected chi connectivity index (χ4v) is 2.91. The molecular weight excluding hydrogens is 338 g/mol. The summed E-state index contributed by atoms with van der Waals surface area (Å²) in [5.41, 5.74) is 2.31. The smallest absolute Gasteiger partial charge is 0.220 e. The van der Waals surface area contributed by atoms with Gasteiger partial charge in [0, 0.05) is 6.42 Å². The van der Waals surface area contributed by atoms with E-state index in [1.54, 1.807) is 7.11 Å². The average Bonchev–Trinajstić information content (AvgIpc) is 2.66. The highest BCUT2D eigenvalue weighted by Gasteiger charge is 2.16. The lowest BCUT2D eigenvalue weighted by Crippen LogP contribution is -2.29. The van der Waals surface area contributed by atoms with Crippen molar-refractivity contribution in [2.45, 2.75) is 46.1 Å². The quantitative estimate of drug-likeness (QED) is 0.595. The molecule has 0 aromatic heterocycles. The van der Waals surface area contributed by atoms with Crippen molar-refractivity contribution in [2.75, 3.05) is 13.7 Å². The Hall–Kier alpha value is -2.49. The van der Waals surface area contributed by atoms with E-state index < -0.39 is 0 Å². The van der Waals surface area contributed by atoms with Crippen molar-refractivity contribution in [1.29, 1.82) is 0 Å². The second kappa shape index (κ2) is 10.6. The Kier molecular flexibility index (Phi) is 8.18. The minimum Gasteiger partial charge on any atom is -0.497 e. The Morgan fingerprint density at radius 1 is 1.00 bits per heavy atom. The summed E-state index contributed by atoms with van der Waals surface area (Å²) in [6.07, 6.45) is 2.05. The fraction of sp³-hybridized carbons (Fsp3) is 0.435. The minimum atomic E-state index is 0.0152. The second-order valence-corrected chi connectivity index (χ2v) is 7.29. The molecule has 0 bridgehead atoms. The second-order valence-electron chi connectivity index (χ2n) is 7.29. The van der Waals surface area contributed by atoms with Gasteiger partial charge in [-0.3, -0.25) is 4.79 Å². The van der Waals surface area contributed by atoms with E-state index in [0.29, 0.717) is 25.4 Å². The van der Waals surface area contributed by atoms with E-state index in [1.165, 1.54) is 5.56 Å². The first-order valence-electron chi connectivity index (χ1n) is 9.60. The van der Waals surface area contributed by atoms with E-state index in [2.05, 4.69) is 19.2 Å². The molecule has 2 aromatic rings.